The molecule has 0 aliphatic rings. The zero-order chi connectivity index (χ0) is 23.1. The summed E-state index contributed by atoms with van der Waals surface area (Å²) in [6.07, 6.45) is 0.683. The number of halogens is 1. The molecule has 0 aliphatic carbocycles. The Morgan fingerprint density at radius 1 is 1.16 bits per heavy atom. The molecule has 0 bridgehead atoms. The SMILES string of the molecule is CC[C@H](C)[C@H](NC(=O)Nc1cccc(C#N)c1)C(=O)Nc1nnc(-c2ccc(Br)cc2)s1. The summed E-state index contributed by atoms with van der Waals surface area (Å²) >= 11 is 4.65. The highest BCUT2D eigenvalue weighted by atomic mass is 79.9. The average molecular weight is 513 g/mol. The van der Waals surface area contributed by atoms with Crippen LogP contribution < -0.4 is 16.0 Å². The third-order valence-corrected chi connectivity index (χ3v) is 6.19. The van der Waals surface area contributed by atoms with Gasteiger partial charge in [0, 0.05) is 15.7 Å². The molecule has 3 amide bonds. The smallest absolute Gasteiger partial charge is 0.319 e. The highest BCUT2D eigenvalue weighted by molar-refractivity contribution is 9.10. The van der Waals surface area contributed by atoms with Crippen molar-refractivity contribution in [1.82, 2.24) is 15.5 Å². The molecule has 3 N–H and O–H groups in total. The molecule has 0 spiro atoms. The number of anilines is 2. The number of amides is 3. The summed E-state index contributed by atoms with van der Waals surface area (Å²) in [5, 5.41) is 26.4. The fourth-order valence-corrected chi connectivity index (χ4v) is 3.86. The third-order valence-electron chi connectivity index (χ3n) is 4.78. The maximum atomic E-state index is 12.9. The van der Waals surface area contributed by atoms with Gasteiger partial charge in [-0.15, -0.1) is 10.2 Å². The van der Waals surface area contributed by atoms with Crippen LogP contribution in [0, 0.1) is 17.2 Å². The van der Waals surface area contributed by atoms with Gasteiger partial charge in [-0.2, -0.15) is 5.26 Å². The van der Waals surface area contributed by atoms with Crippen molar-refractivity contribution in [3.8, 4) is 16.6 Å². The number of rotatable bonds is 7. The summed E-state index contributed by atoms with van der Waals surface area (Å²) in [6, 6.07) is 14.9. The zero-order valence-corrected chi connectivity index (χ0v) is 19.8. The van der Waals surface area contributed by atoms with Crippen LogP contribution in [-0.4, -0.2) is 28.2 Å². The molecular formula is C22H21BrN6O2S. The fourth-order valence-electron chi connectivity index (χ4n) is 2.84. The second-order valence-electron chi connectivity index (χ2n) is 7.06. The van der Waals surface area contributed by atoms with E-state index in [4.69, 9.17) is 5.26 Å². The Morgan fingerprint density at radius 3 is 2.59 bits per heavy atom. The van der Waals surface area contributed by atoms with E-state index in [1.165, 1.54) is 11.3 Å². The highest BCUT2D eigenvalue weighted by Crippen LogP contribution is 2.27. The van der Waals surface area contributed by atoms with Crippen molar-refractivity contribution in [3.05, 3.63) is 58.6 Å². The van der Waals surface area contributed by atoms with E-state index >= 15 is 0 Å². The van der Waals surface area contributed by atoms with E-state index in [1.54, 1.807) is 24.3 Å². The van der Waals surface area contributed by atoms with Crippen LogP contribution >= 0.6 is 27.3 Å². The molecular weight excluding hydrogens is 492 g/mol. The number of carbonyl (C=O) groups excluding carboxylic acids is 2. The monoisotopic (exact) mass is 512 g/mol. The van der Waals surface area contributed by atoms with Gasteiger partial charge in [0.1, 0.15) is 11.0 Å². The Balaban J connectivity index is 1.67. The molecule has 3 aromatic rings. The molecule has 0 saturated heterocycles. The Labute approximate surface area is 198 Å². The third kappa shape index (κ3) is 6.12. The van der Waals surface area contributed by atoms with Crippen LogP contribution in [0.4, 0.5) is 15.6 Å². The Hall–Kier alpha value is -3.29. The lowest BCUT2D eigenvalue weighted by Crippen LogP contribution is -2.49. The minimum atomic E-state index is -0.779. The Bertz CT molecular complexity index is 1140. The fraction of sp³-hybridized carbons (Fsp3) is 0.227. The van der Waals surface area contributed by atoms with E-state index in [-0.39, 0.29) is 11.8 Å². The largest absolute Gasteiger partial charge is 0.326 e. The quantitative estimate of drug-likeness (QED) is 0.410. The van der Waals surface area contributed by atoms with Crippen LogP contribution in [0.2, 0.25) is 0 Å². The van der Waals surface area contributed by atoms with Gasteiger partial charge in [-0.25, -0.2) is 4.79 Å². The van der Waals surface area contributed by atoms with Gasteiger partial charge < -0.3 is 10.6 Å². The molecule has 32 heavy (non-hydrogen) atoms. The van der Waals surface area contributed by atoms with Gasteiger partial charge in [0.2, 0.25) is 11.0 Å². The summed E-state index contributed by atoms with van der Waals surface area (Å²) < 4.78 is 0.958. The number of urea groups is 1. The summed E-state index contributed by atoms with van der Waals surface area (Å²) in [6.45, 7) is 3.83. The molecule has 1 heterocycles. The van der Waals surface area contributed by atoms with Gasteiger partial charge in [-0.3, -0.25) is 10.1 Å². The van der Waals surface area contributed by atoms with E-state index in [9.17, 15) is 9.59 Å². The normalized spacial score (nSPS) is 12.3. The molecule has 10 heteroatoms. The van der Waals surface area contributed by atoms with Gasteiger partial charge in [0.15, 0.2) is 0 Å². The topological polar surface area (TPSA) is 120 Å². The minimum Gasteiger partial charge on any atom is -0.326 e. The van der Waals surface area contributed by atoms with Gasteiger partial charge in [0.25, 0.3) is 0 Å². The van der Waals surface area contributed by atoms with Crippen LogP contribution in [0.25, 0.3) is 10.6 Å². The summed E-state index contributed by atoms with van der Waals surface area (Å²) in [4.78, 5) is 25.4. The van der Waals surface area contributed by atoms with E-state index in [0.717, 1.165) is 10.0 Å². The maximum Gasteiger partial charge on any atom is 0.319 e. The first-order valence-corrected chi connectivity index (χ1v) is 11.5. The molecule has 2 atom stereocenters. The van der Waals surface area contributed by atoms with E-state index < -0.39 is 12.1 Å². The number of hydrogen-bond acceptors (Lipinski definition) is 6. The van der Waals surface area contributed by atoms with Crippen LogP contribution in [0.15, 0.2) is 53.0 Å². The molecule has 0 saturated carbocycles. The Morgan fingerprint density at radius 2 is 1.91 bits per heavy atom. The second-order valence-corrected chi connectivity index (χ2v) is 8.96. The van der Waals surface area contributed by atoms with Gasteiger partial charge in [-0.05, 0) is 36.2 Å². The van der Waals surface area contributed by atoms with Crippen molar-refractivity contribution in [2.75, 3.05) is 10.6 Å². The van der Waals surface area contributed by atoms with Crippen LogP contribution in [-0.2, 0) is 4.79 Å². The number of aromatic nitrogens is 2. The molecule has 0 unspecified atom stereocenters. The van der Waals surface area contributed by atoms with Gasteiger partial charge in [0.05, 0.1) is 11.6 Å². The Kier molecular flexibility index (Phi) is 7.92. The summed E-state index contributed by atoms with van der Waals surface area (Å²) in [5.41, 5.74) is 1.78. The van der Waals surface area contributed by atoms with Crippen molar-refractivity contribution in [2.45, 2.75) is 26.3 Å². The molecule has 8 nitrogen and oxygen atoms in total. The zero-order valence-electron chi connectivity index (χ0n) is 17.4. The predicted molar refractivity (Wildman–Crippen MR) is 128 cm³/mol. The predicted octanol–water partition coefficient (Wildman–Crippen LogP) is 5.01. The molecule has 0 radical (unpaired) electrons. The summed E-state index contributed by atoms with van der Waals surface area (Å²) in [7, 11) is 0. The first-order valence-electron chi connectivity index (χ1n) is 9.87. The number of nitriles is 1. The number of nitrogens with zero attached hydrogens (tertiary/aromatic N) is 3. The van der Waals surface area contributed by atoms with Crippen molar-refractivity contribution < 1.29 is 9.59 Å². The molecule has 0 fully saturated rings. The van der Waals surface area contributed by atoms with E-state index in [0.29, 0.717) is 27.8 Å². The first kappa shape index (κ1) is 23.4. The maximum absolute atomic E-state index is 12.9. The van der Waals surface area contributed by atoms with E-state index in [1.807, 2.05) is 44.2 Å². The van der Waals surface area contributed by atoms with Crippen molar-refractivity contribution >= 4 is 50.0 Å². The number of benzene rings is 2. The molecule has 2 aromatic carbocycles. The lowest BCUT2D eigenvalue weighted by Gasteiger charge is -2.23. The number of nitrogens with one attached hydrogen (secondary N) is 3. The van der Waals surface area contributed by atoms with Gasteiger partial charge >= 0.3 is 6.03 Å². The lowest BCUT2D eigenvalue weighted by molar-refractivity contribution is -0.119. The van der Waals surface area contributed by atoms with Crippen LogP contribution in [0.1, 0.15) is 25.8 Å². The standard InChI is InChI=1S/C22H21BrN6O2S/c1-3-13(2)18(26-21(31)25-17-6-4-5-14(11-17)12-24)19(30)27-22-29-28-20(32-22)15-7-9-16(23)10-8-15/h4-11,13,18H,3H2,1-2H3,(H2,25,26,31)(H,27,29,30)/t13-,18-/m0/s1. The second kappa shape index (κ2) is 10.8. The number of hydrogen-bond donors (Lipinski definition) is 3. The first-order chi connectivity index (χ1) is 15.4. The molecule has 164 valence electrons. The highest BCUT2D eigenvalue weighted by Gasteiger charge is 2.27. The van der Waals surface area contributed by atoms with Crippen LogP contribution in [0.5, 0.6) is 0 Å². The van der Waals surface area contributed by atoms with E-state index in [2.05, 4.69) is 42.1 Å². The molecule has 0 aliphatic heterocycles. The van der Waals surface area contributed by atoms with Crippen molar-refractivity contribution in [3.63, 3.8) is 0 Å². The van der Waals surface area contributed by atoms with Crippen molar-refractivity contribution in [1.29, 1.82) is 5.26 Å². The lowest BCUT2D eigenvalue weighted by atomic mass is 9.98. The van der Waals surface area contributed by atoms with Gasteiger partial charge in [-0.1, -0.05) is 65.7 Å². The average Bonchev–Trinajstić information content (AvgIpc) is 3.25. The molecule has 3 rings (SSSR count). The van der Waals surface area contributed by atoms with Crippen molar-refractivity contribution in [2.24, 2.45) is 5.92 Å². The van der Waals surface area contributed by atoms with Crippen LogP contribution in [0.3, 0.4) is 0 Å². The number of carbonyl (C=O) groups is 2. The minimum absolute atomic E-state index is 0.120. The summed E-state index contributed by atoms with van der Waals surface area (Å²) in [5.74, 6) is -0.496. The molecule has 1 aromatic heterocycles.